The quantitative estimate of drug-likeness (QED) is 0.249. The number of fused-ring (bicyclic) bond motifs is 2. The third kappa shape index (κ3) is 8.71. The molecule has 3 amide bonds. The Kier molecular flexibility index (Phi) is 12.3. The molecular weight excluding hydrogens is 760 g/mol. The first-order valence-corrected chi connectivity index (χ1v) is 21.9. The molecule has 4 heterocycles. The van der Waals surface area contributed by atoms with E-state index in [1.165, 1.54) is 63.5 Å². The fourth-order valence-electron chi connectivity index (χ4n) is 9.60. The van der Waals surface area contributed by atoms with Gasteiger partial charge >= 0.3 is 15.6 Å². The Labute approximate surface area is 334 Å². The van der Waals surface area contributed by atoms with Crippen LogP contribution in [0.5, 0.6) is 5.75 Å². The maximum absolute atomic E-state index is 13.1. The van der Waals surface area contributed by atoms with Gasteiger partial charge in [0.05, 0.1) is 0 Å². The summed E-state index contributed by atoms with van der Waals surface area (Å²) in [5.74, 6) is -0.428. The molecule has 57 heavy (non-hydrogen) atoms. The largest absolute Gasteiger partial charge is 0.534 e. The molecule has 15 heteroatoms. The predicted molar refractivity (Wildman–Crippen MR) is 210 cm³/mol. The number of hydrogen-bond donors (Lipinski definition) is 1. The normalized spacial score (nSPS) is 24.8. The van der Waals surface area contributed by atoms with Crippen molar-refractivity contribution in [1.29, 1.82) is 0 Å². The van der Waals surface area contributed by atoms with Crippen molar-refractivity contribution < 1.29 is 40.2 Å². The van der Waals surface area contributed by atoms with E-state index in [9.17, 15) is 36.0 Å². The van der Waals surface area contributed by atoms with E-state index >= 15 is 0 Å². The Balaban J connectivity index is 0.000000171. The van der Waals surface area contributed by atoms with Crippen LogP contribution in [0, 0.1) is 0 Å². The molecule has 11 nitrogen and oxygen atoms in total. The Bertz CT molecular complexity index is 1930. The highest BCUT2D eigenvalue weighted by molar-refractivity contribution is 7.88. The number of carbonyl (C=O) groups is 3. The number of nitrogens with zero attached hydrogens (tertiary/aromatic N) is 4. The fraction of sp³-hybridized carbons (Fsp3) is 0.643. The van der Waals surface area contributed by atoms with Crippen molar-refractivity contribution in [3.8, 4) is 5.75 Å². The van der Waals surface area contributed by atoms with Crippen LogP contribution in [-0.4, -0.2) is 121 Å². The van der Waals surface area contributed by atoms with Crippen molar-refractivity contribution in [2.75, 3.05) is 39.3 Å². The number of likely N-dealkylation sites (tertiary alicyclic amines) is 2. The number of halogens is 3. The van der Waals surface area contributed by atoms with E-state index in [4.69, 9.17) is 0 Å². The van der Waals surface area contributed by atoms with E-state index in [0.717, 1.165) is 88.1 Å². The molecule has 0 aromatic heterocycles. The molecule has 0 bridgehead atoms. The second-order valence-electron chi connectivity index (χ2n) is 16.7. The molecule has 7 aliphatic rings. The van der Waals surface area contributed by atoms with Crippen molar-refractivity contribution in [1.82, 2.24) is 24.9 Å². The zero-order chi connectivity index (χ0) is 39.2. The van der Waals surface area contributed by atoms with Gasteiger partial charge in [-0.15, -0.1) is 0 Å². The maximum atomic E-state index is 13.1. The summed E-state index contributed by atoms with van der Waals surface area (Å²) in [6.07, 6.45) is 15.6. The maximum Gasteiger partial charge on any atom is 0.534 e. The molecule has 0 radical (unpaired) electrons. The van der Waals surface area contributed by atoms with Crippen LogP contribution < -0.4 is 9.50 Å². The third-order valence-electron chi connectivity index (χ3n) is 13.3. The van der Waals surface area contributed by atoms with Crippen molar-refractivity contribution in [2.24, 2.45) is 0 Å². The Morgan fingerprint density at radius 2 is 1.18 bits per heavy atom. The number of hydrogen-bond acceptors (Lipinski definition) is 8. The molecule has 2 saturated heterocycles. The number of amides is 3. The average Bonchev–Trinajstić information content (AvgIpc) is 3.91. The minimum Gasteiger partial charge on any atom is -0.376 e. The minimum absolute atomic E-state index is 0. The van der Waals surface area contributed by atoms with Gasteiger partial charge < -0.3 is 19.3 Å². The summed E-state index contributed by atoms with van der Waals surface area (Å²) in [6.45, 7) is 5.25. The van der Waals surface area contributed by atoms with Crippen LogP contribution in [-0.2, 0) is 23.0 Å². The number of nitrogens with one attached hydrogen (secondary N) is 1. The van der Waals surface area contributed by atoms with Gasteiger partial charge in [0.15, 0.2) is 0 Å². The summed E-state index contributed by atoms with van der Waals surface area (Å²) < 4.78 is 64.0. The zero-order valence-electron chi connectivity index (χ0n) is 31.8. The Morgan fingerprint density at radius 3 is 1.67 bits per heavy atom. The summed E-state index contributed by atoms with van der Waals surface area (Å²) >= 11 is 0. The van der Waals surface area contributed by atoms with Gasteiger partial charge in [0.2, 0.25) is 0 Å². The first-order chi connectivity index (χ1) is 26.8. The first-order valence-electron chi connectivity index (χ1n) is 20.5. The molecule has 2 aromatic carbocycles. The van der Waals surface area contributed by atoms with E-state index in [1.807, 2.05) is 23.1 Å². The molecular formula is C42H56F3N5O6S. The van der Waals surface area contributed by atoms with E-state index in [-0.39, 0.29) is 31.2 Å². The molecule has 2 aromatic rings. The molecule has 0 unspecified atom stereocenters. The van der Waals surface area contributed by atoms with Crippen LogP contribution in [0.2, 0.25) is 0 Å². The number of rotatable bonds is 8. The highest BCUT2D eigenvalue weighted by Gasteiger charge is 2.49. The fourth-order valence-corrected chi connectivity index (χ4v) is 10.1. The molecule has 9 rings (SSSR count). The van der Waals surface area contributed by atoms with Crippen molar-refractivity contribution in [3.05, 3.63) is 64.2 Å². The molecule has 3 aliphatic carbocycles. The lowest BCUT2D eigenvalue weighted by atomic mass is 9.92. The highest BCUT2D eigenvalue weighted by atomic mass is 32.2. The number of carbonyl (C=O) groups excluding carboxylic acids is 3. The Morgan fingerprint density at radius 1 is 0.667 bits per heavy atom. The van der Waals surface area contributed by atoms with E-state index < -0.39 is 21.4 Å². The lowest BCUT2D eigenvalue weighted by Gasteiger charge is -2.37. The SMILES string of the molecule is C.O=C(NC1CCCC1)c1ccc2c(c1)CCN([C@@H]1CCN(C3CCC3)C1)C2=O.O=C1c2ccc(OS(=O)(=O)C(F)(F)F)cc2CCN1[C@@H]1CCN(C2CCC2)C1. The highest BCUT2D eigenvalue weighted by Crippen LogP contribution is 2.34. The van der Waals surface area contributed by atoms with Gasteiger partial charge in [0.1, 0.15) is 5.75 Å². The number of benzene rings is 2. The van der Waals surface area contributed by atoms with Crippen molar-refractivity contribution >= 4 is 27.8 Å². The summed E-state index contributed by atoms with van der Waals surface area (Å²) in [5, 5.41) is 3.15. The smallest absolute Gasteiger partial charge is 0.376 e. The summed E-state index contributed by atoms with van der Waals surface area (Å²) in [7, 11) is -5.73. The molecule has 312 valence electrons. The molecule has 3 saturated carbocycles. The molecule has 0 spiro atoms. The lowest BCUT2D eigenvalue weighted by molar-refractivity contribution is -0.0500. The van der Waals surface area contributed by atoms with Gasteiger partial charge in [0, 0.05) is 86.2 Å². The van der Waals surface area contributed by atoms with Gasteiger partial charge in [-0.1, -0.05) is 33.1 Å². The van der Waals surface area contributed by atoms with Crippen molar-refractivity contribution in [3.63, 3.8) is 0 Å². The number of alkyl halides is 3. The lowest BCUT2D eigenvalue weighted by Crippen LogP contribution is -2.47. The van der Waals surface area contributed by atoms with Gasteiger partial charge in [-0.3, -0.25) is 24.2 Å². The van der Waals surface area contributed by atoms with Gasteiger partial charge in [-0.05, 0) is 112 Å². The minimum atomic E-state index is -5.73. The monoisotopic (exact) mass is 815 g/mol. The zero-order valence-corrected chi connectivity index (χ0v) is 32.6. The first kappa shape index (κ1) is 41.5. The van der Waals surface area contributed by atoms with Crippen molar-refractivity contribution in [2.45, 2.75) is 133 Å². The van der Waals surface area contributed by atoms with Gasteiger partial charge in [-0.25, -0.2) is 0 Å². The topological polar surface area (TPSA) is 120 Å². The van der Waals surface area contributed by atoms with Crippen LogP contribution in [0.1, 0.15) is 127 Å². The predicted octanol–water partition coefficient (Wildman–Crippen LogP) is 6.16. The molecule has 4 aliphatic heterocycles. The van der Waals surface area contributed by atoms with Crippen LogP contribution in [0.3, 0.4) is 0 Å². The second kappa shape index (κ2) is 16.9. The molecule has 5 fully saturated rings. The standard InChI is InChI=1S/C23H31N3O2.C18H21F3N2O4S.CH4/c27-22(24-18-4-1-2-5-18)17-8-9-21-16(14-17)10-13-26(23(21)28)20-11-12-25(15-20)19-6-3-7-19;19-18(20,21)28(25,26)27-15-4-5-16-12(10-15)6-9-23(17(16)24)14-7-8-22(11-14)13-2-1-3-13;/h8-9,14,18-20H,1-7,10-13,15H2,(H,24,27);4-5,10,13-14H,1-3,6-9,11H2;1H4/t20-;14-;/m11./s1. The third-order valence-corrected chi connectivity index (χ3v) is 14.3. The van der Waals surface area contributed by atoms with Gasteiger partial charge in [0.25, 0.3) is 17.7 Å². The van der Waals surface area contributed by atoms with E-state index in [2.05, 4.69) is 24.2 Å². The van der Waals surface area contributed by atoms with Crippen LogP contribution in [0.15, 0.2) is 36.4 Å². The van der Waals surface area contributed by atoms with Crippen LogP contribution in [0.4, 0.5) is 13.2 Å². The molecule has 2 atom stereocenters. The Hall–Kier alpha value is -3.69. The second-order valence-corrected chi connectivity index (χ2v) is 18.2. The summed E-state index contributed by atoms with van der Waals surface area (Å²) in [6, 6.07) is 11.5. The summed E-state index contributed by atoms with van der Waals surface area (Å²) in [5.41, 5.74) is -2.07. The van der Waals surface area contributed by atoms with Crippen LogP contribution >= 0.6 is 0 Å². The van der Waals surface area contributed by atoms with E-state index in [0.29, 0.717) is 47.8 Å². The summed E-state index contributed by atoms with van der Waals surface area (Å²) in [4.78, 5) is 47.6. The molecule has 1 N–H and O–H groups in total. The van der Waals surface area contributed by atoms with Crippen LogP contribution in [0.25, 0.3) is 0 Å². The van der Waals surface area contributed by atoms with E-state index in [1.54, 1.807) is 0 Å². The average molecular weight is 816 g/mol. The van der Waals surface area contributed by atoms with Gasteiger partial charge in [-0.2, -0.15) is 21.6 Å².